The van der Waals surface area contributed by atoms with Crippen LogP contribution in [-0.2, 0) is 0 Å². The first-order valence-electron chi connectivity index (χ1n) is 8.67. The average Bonchev–Trinajstić information content (AvgIpc) is 2.71. The first-order chi connectivity index (χ1) is 13.9. The lowest BCUT2D eigenvalue weighted by atomic mass is 10.1. The van der Waals surface area contributed by atoms with Gasteiger partial charge in [-0.3, -0.25) is 9.59 Å². The van der Waals surface area contributed by atoms with Crippen molar-refractivity contribution >= 4 is 40.8 Å². The van der Waals surface area contributed by atoms with E-state index in [1.54, 1.807) is 54.6 Å². The van der Waals surface area contributed by atoms with Gasteiger partial charge in [0.05, 0.1) is 11.1 Å². The number of amides is 2. The van der Waals surface area contributed by atoms with E-state index in [4.69, 9.17) is 11.6 Å². The SMILES string of the molecule is Cc1c(Cl)cccc1NC(=O)c1ccc(NC(=O)c2ccccc2C(=O)O)cc1. The molecular weight excluding hydrogens is 392 g/mol. The number of anilines is 2. The lowest BCUT2D eigenvalue weighted by molar-refractivity contribution is 0.0692. The summed E-state index contributed by atoms with van der Waals surface area (Å²) >= 11 is 6.07. The molecule has 3 aromatic carbocycles. The third-order valence-electron chi connectivity index (χ3n) is 4.32. The summed E-state index contributed by atoms with van der Waals surface area (Å²) in [5, 5.41) is 15.2. The lowest BCUT2D eigenvalue weighted by Gasteiger charge is -2.11. The van der Waals surface area contributed by atoms with Gasteiger partial charge < -0.3 is 15.7 Å². The Morgan fingerprint density at radius 2 is 1.45 bits per heavy atom. The van der Waals surface area contributed by atoms with Gasteiger partial charge in [0.25, 0.3) is 11.8 Å². The van der Waals surface area contributed by atoms with Crippen molar-refractivity contribution in [3.63, 3.8) is 0 Å². The number of aromatic carboxylic acids is 1. The Hall–Kier alpha value is -3.64. The van der Waals surface area contributed by atoms with Crippen LogP contribution in [0.4, 0.5) is 11.4 Å². The fourth-order valence-electron chi connectivity index (χ4n) is 2.71. The van der Waals surface area contributed by atoms with Crippen molar-refractivity contribution in [3.8, 4) is 0 Å². The highest BCUT2D eigenvalue weighted by atomic mass is 35.5. The standard InChI is InChI=1S/C22H17ClN2O4/c1-13-18(23)7-4-8-19(13)25-20(26)14-9-11-15(12-10-14)24-21(27)16-5-2-3-6-17(16)22(28)29/h2-12H,1H3,(H,24,27)(H,25,26)(H,28,29). The summed E-state index contributed by atoms with van der Waals surface area (Å²) in [6, 6.07) is 17.5. The van der Waals surface area contributed by atoms with E-state index in [1.807, 2.05) is 6.92 Å². The number of nitrogens with one attached hydrogen (secondary N) is 2. The molecule has 0 aromatic heterocycles. The Morgan fingerprint density at radius 3 is 2.10 bits per heavy atom. The Balaban J connectivity index is 1.72. The number of hydrogen-bond donors (Lipinski definition) is 3. The predicted molar refractivity (Wildman–Crippen MR) is 112 cm³/mol. The van der Waals surface area contributed by atoms with Crippen molar-refractivity contribution in [3.05, 3.63) is 94.0 Å². The molecule has 146 valence electrons. The minimum atomic E-state index is -1.18. The van der Waals surface area contributed by atoms with Crippen LogP contribution in [0.5, 0.6) is 0 Å². The molecule has 0 fully saturated rings. The Morgan fingerprint density at radius 1 is 0.793 bits per heavy atom. The number of hydrogen-bond acceptors (Lipinski definition) is 3. The van der Waals surface area contributed by atoms with Gasteiger partial charge in [0.1, 0.15) is 0 Å². The minimum absolute atomic E-state index is 0.0539. The zero-order valence-electron chi connectivity index (χ0n) is 15.4. The van der Waals surface area contributed by atoms with Crippen molar-refractivity contribution < 1.29 is 19.5 Å². The molecule has 0 spiro atoms. The number of halogens is 1. The zero-order valence-corrected chi connectivity index (χ0v) is 16.2. The van der Waals surface area contributed by atoms with E-state index < -0.39 is 11.9 Å². The molecule has 0 unspecified atom stereocenters. The molecule has 0 aliphatic rings. The van der Waals surface area contributed by atoms with Crippen molar-refractivity contribution in [1.82, 2.24) is 0 Å². The van der Waals surface area contributed by atoms with Gasteiger partial charge >= 0.3 is 5.97 Å². The van der Waals surface area contributed by atoms with Crippen molar-refractivity contribution in [2.45, 2.75) is 6.92 Å². The monoisotopic (exact) mass is 408 g/mol. The summed E-state index contributed by atoms with van der Waals surface area (Å²) in [6.07, 6.45) is 0. The molecule has 0 heterocycles. The quantitative estimate of drug-likeness (QED) is 0.562. The van der Waals surface area contributed by atoms with Crippen molar-refractivity contribution in [1.29, 1.82) is 0 Å². The number of carboxylic acid groups (broad SMARTS) is 1. The summed E-state index contributed by atoms with van der Waals surface area (Å²) in [5.74, 6) is -2.04. The summed E-state index contributed by atoms with van der Waals surface area (Å²) in [4.78, 5) is 36.1. The molecule has 0 radical (unpaired) electrons. The molecule has 0 saturated heterocycles. The topological polar surface area (TPSA) is 95.5 Å². The van der Waals surface area contributed by atoms with Crippen LogP contribution in [0.3, 0.4) is 0 Å². The van der Waals surface area contributed by atoms with Gasteiger partial charge in [-0.05, 0) is 61.0 Å². The summed E-state index contributed by atoms with van der Waals surface area (Å²) in [5.41, 5.74) is 2.18. The van der Waals surface area contributed by atoms with Crippen LogP contribution < -0.4 is 10.6 Å². The van der Waals surface area contributed by atoms with E-state index in [0.717, 1.165) is 5.56 Å². The van der Waals surface area contributed by atoms with Gasteiger partial charge in [-0.1, -0.05) is 29.8 Å². The van der Waals surface area contributed by atoms with E-state index in [0.29, 0.717) is 22.0 Å². The maximum absolute atomic E-state index is 12.4. The van der Waals surface area contributed by atoms with E-state index in [2.05, 4.69) is 10.6 Å². The van der Waals surface area contributed by atoms with Crippen LogP contribution >= 0.6 is 11.6 Å². The predicted octanol–water partition coefficient (Wildman–Crippen LogP) is 4.85. The van der Waals surface area contributed by atoms with Crippen molar-refractivity contribution in [2.24, 2.45) is 0 Å². The maximum atomic E-state index is 12.4. The van der Waals surface area contributed by atoms with Crippen molar-refractivity contribution in [2.75, 3.05) is 10.6 Å². The molecule has 0 bridgehead atoms. The highest BCUT2D eigenvalue weighted by Gasteiger charge is 2.16. The van der Waals surface area contributed by atoms with E-state index >= 15 is 0 Å². The number of rotatable bonds is 5. The number of benzene rings is 3. The second kappa shape index (κ2) is 8.58. The fraction of sp³-hybridized carbons (Fsp3) is 0.0455. The Bertz CT molecular complexity index is 1090. The van der Waals surface area contributed by atoms with Gasteiger partial charge in [-0.25, -0.2) is 4.79 Å². The molecule has 6 nitrogen and oxygen atoms in total. The zero-order chi connectivity index (χ0) is 21.0. The van der Waals surface area contributed by atoms with Gasteiger partial charge in [-0.15, -0.1) is 0 Å². The number of carboxylic acids is 1. The molecule has 3 N–H and O–H groups in total. The molecule has 0 aliphatic heterocycles. The first-order valence-corrected chi connectivity index (χ1v) is 9.05. The molecule has 0 aliphatic carbocycles. The van der Waals surface area contributed by atoms with Gasteiger partial charge in [0, 0.05) is 22.0 Å². The summed E-state index contributed by atoms with van der Waals surface area (Å²) in [7, 11) is 0. The lowest BCUT2D eigenvalue weighted by Crippen LogP contribution is -2.16. The first kappa shape index (κ1) is 20.1. The van der Waals surface area contributed by atoms with Crippen LogP contribution in [-0.4, -0.2) is 22.9 Å². The van der Waals surface area contributed by atoms with Crippen LogP contribution in [0, 0.1) is 6.92 Å². The summed E-state index contributed by atoms with van der Waals surface area (Å²) < 4.78 is 0. The van der Waals surface area contributed by atoms with E-state index in [-0.39, 0.29) is 17.0 Å². The third-order valence-corrected chi connectivity index (χ3v) is 4.73. The molecule has 7 heteroatoms. The second-order valence-corrected chi connectivity index (χ2v) is 6.66. The van der Waals surface area contributed by atoms with Gasteiger partial charge in [-0.2, -0.15) is 0 Å². The number of carbonyl (C=O) groups excluding carboxylic acids is 2. The highest BCUT2D eigenvalue weighted by Crippen LogP contribution is 2.23. The second-order valence-electron chi connectivity index (χ2n) is 6.25. The smallest absolute Gasteiger partial charge is 0.336 e. The van der Waals surface area contributed by atoms with Crippen LogP contribution in [0.15, 0.2) is 66.7 Å². The van der Waals surface area contributed by atoms with Crippen LogP contribution in [0.2, 0.25) is 5.02 Å². The average molecular weight is 409 g/mol. The van der Waals surface area contributed by atoms with Crippen LogP contribution in [0.1, 0.15) is 36.6 Å². The van der Waals surface area contributed by atoms with Gasteiger partial charge in [0.2, 0.25) is 0 Å². The summed E-state index contributed by atoms with van der Waals surface area (Å²) in [6.45, 7) is 1.81. The molecule has 3 aromatic rings. The van der Waals surface area contributed by atoms with E-state index in [1.165, 1.54) is 12.1 Å². The van der Waals surface area contributed by atoms with E-state index in [9.17, 15) is 19.5 Å². The Kier molecular flexibility index (Phi) is 5.95. The molecule has 0 atom stereocenters. The molecule has 29 heavy (non-hydrogen) atoms. The molecule has 2 amide bonds. The largest absolute Gasteiger partial charge is 0.478 e. The molecule has 0 saturated carbocycles. The number of carbonyl (C=O) groups is 3. The third kappa shape index (κ3) is 4.62. The fourth-order valence-corrected chi connectivity index (χ4v) is 2.88. The highest BCUT2D eigenvalue weighted by molar-refractivity contribution is 6.31. The maximum Gasteiger partial charge on any atom is 0.336 e. The minimum Gasteiger partial charge on any atom is -0.478 e. The van der Waals surface area contributed by atoms with Gasteiger partial charge in [0.15, 0.2) is 0 Å². The molecule has 3 rings (SSSR count). The van der Waals surface area contributed by atoms with Crippen LogP contribution in [0.25, 0.3) is 0 Å². The Labute approximate surface area is 172 Å². The molecular formula is C22H17ClN2O4. The normalized spacial score (nSPS) is 10.3.